The summed E-state index contributed by atoms with van der Waals surface area (Å²) in [5, 5.41) is 5.77. The van der Waals surface area contributed by atoms with Gasteiger partial charge in [0.1, 0.15) is 11.4 Å². The Kier molecular flexibility index (Phi) is 10.7. The average Bonchev–Trinajstić information content (AvgIpc) is 2.69. The minimum Gasteiger partial charge on any atom is -0.469 e. The fraction of sp³-hybridized carbons (Fsp3) is 0.500. The van der Waals surface area contributed by atoms with Crippen molar-refractivity contribution in [2.45, 2.75) is 37.7 Å². The van der Waals surface area contributed by atoms with Crippen LogP contribution in [0, 0.1) is 0 Å². The summed E-state index contributed by atoms with van der Waals surface area (Å²) in [6.45, 7) is 6.17. The van der Waals surface area contributed by atoms with E-state index in [1.807, 2.05) is 6.08 Å². The molecular formula is C20H29N3O6S. The van der Waals surface area contributed by atoms with Crippen molar-refractivity contribution in [3.8, 4) is 0 Å². The molecule has 0 aliphatic carbocycles. The SMILES string of the molecule is COC(=O)CCSc1cc(C(=O)OC)cnc1NC/C=C/CNC(=O)OC(C)(C)C. The number of carbonyl (C=O) groups excluding carboxylic acids is 3. The van der Waals surface area contributed by atoms with Gasteiger partial charge in [-0.3, -0.25) is 4.79 Å². The third-order valence-electron chi connectivity index (χ3n) is 3.38. The van der Waals surface area contributed by atoms with Gasteiger partial charge in [0, 0.05) is 25.0 Å². The molecular weight excluding hydrogens is 410 g/mol. The number of nitrogens with one attached hydrogen (secondary N) is 2. The van der Waals surface area contributed by atoms with Crippen molar-refractivity contribution in [1.82, 2.24) is 10.3 Å². The monoisotopic (exact) mass is 439 g/mol. The lowest BCUT2D eigenvalue weighted by Crippen LogP contribution is -2.32. The molecule has 0 aliphatic heterocycles. The molecule has 0 bridgehead atoms. The molecule has 0 radical (unpaired) electrons. The number of anilines is 1. The number of nitrogens with zero attached hydrogens (tertiary/aromatic N) is 1. The van der Waals surface area contributed by atoms with Crippen molar-refractivity contribution in [3.05, 3.63) is 30.0 Å². The number of hydrogen-bond donors (Lipinski definition) is 2. The number of esters is 2. The highest BCUT2D eigenvalue weighted by Gasteiger charge is 2.15. The van der Waals surface area contributed by atoms with Crippen LogP contribution in [-0.2, 0) is 19.0 Å². The molecule has 0 spiro atoms. The van der Waals surface area contributed by atoms with E-state index in [0.717, 1.165) is 0 Å². The van der Waals surface area contributed by atoms with Crippen molar-refractivity contribution in [2.24, 2.45) is 0 Å². The number of alkyl carbamates (subject to hydrolysis) is 1. The summed E-state index contributed by atoms with van der Waals surface area (Å²) in [6.07, 6.45) is 4.79. The highest BCUT2D eigenvalue weighted by molar-refractivity contribution is 7.99. The van der Waals surface area contributed by atoms with Gasteiger partial charge >= 0.3 is 18.0 Å². The first-order chi connectivity index (χ1) is 14.2. The maximum atomic E-state index is 11.8. The van der Waals surface area contributed by atoms with Crippen molar-refractivity contribution < 1.29 is 28.6 Å². The Hall–Kier alpha value is -2.75. The fourth-order valence-corrected chi connectivity index (χ4v) is 3.00. The highest BCUT2D eigenvalue weighted by Crippen LogP contribution is 2.27. The summed E-state index contributed by atoms with van der Waals surface area (Å²) in [5.41, 5.74) is -0.222. The number of pyridine rings is 1. The van der Waals surface area contributed by atoms with Crippen LogP contribution < -0.4 is 10.6 Å². The number of amides is 1. The molecule has 0 aliphatic rings. The maximum absolute atomic E-state index is 11.8. The van der Waals surface area contributed by atoms with Gasteiger partial charge < -0.3 is 24.8 Å². The molecule has 1 rings (SSSR count). The van der Waals surface area contributed by atoms with E-state index in [4.69, 9.17) is 9.47 Å². The highest BCUT2D eigenvalue weighted by atomic mass is 32.2. The third kappa shape index (κ3) is 10.1. The minimum atomic E-state index is -0.542. The number of thioether (sulfide) groups is 1. The summed E-state index contributed by atoms with van der Waals surface area (Å²) < 4.78 is 14.5. The largest absolute Gasteiger partial charge is 0.469 e. The van der Waals surface area contributed by atoms with Crippen molar-refractivity contribution in [2.75, 3.05) is 38.4 Å². The lowest BCUT2D eigenvalue weighted by Gasteiger charge is -2.19. The summed E-state index contributed by atoms with van der Waals surface area (Å²) in [6, 6.07) is 1.66. The number of hydrogen-bond acceptors (Lipinski definition) is 9. The zero-order valence-electron chi connectivity index (χ0n) is 17.9. The quantitative estimate of drug-likeness (QED) is 0.246. The molecule has 0 unspecified atom stereocenters. The molecule has 9 nitrogen and oxygen atoms in total. The van der Waals surface area contributed by atoms with Gasteiger partial charge in [-0.05, 0) is 26.8 Å². The first-order valence-electron chi connectivity index (χ1n) is 9.30. The lowest BCUT2D eigenvalue weighted by atomic mass is 10.2. The minimum absolute atomic E-state index is 0.235. The van der Waals surface area contributed by atoms with Gasteiger partial charge in [-0.15, -0.1) is 11.8 Å². The second-order valence-electron chi connectivity index (χ2n) is 6.97. The first kappa shape index (κ1) is 25.3. The second kappa shape index (κ2) is 12.7. The van der Waals surface area contributed by atoms with Gasteiger partial charge in [-0.1, -0.05) is 12.2 Å². The molecule has 1 aromatic rings. The van der Waals surface area contributed by atoms with Gasteiger partial charge in [0.2, 0.25) is 0 Å². The second-order valence-corrected chi connectivity index (χ2v) is 8.11. The zero-order valence-corrected chi connectivity index (χ0v) is 18.8. The number of rotatable bonds is 10. The molecule has 1 heterocycles. The Morgan fingerprint density at radius 2 is 1.83 bits per heavy atom. The summed E-state index contributed by atoms with van der Waals surface area (Å²) >= 11 is 1.38. The smallest absolute Gasteiger partial charge is 0.407 e. The van der Waals surface area contributed by atoms with E-state index in [9.17, 15) is 14.4 Å². The van der Waals surface area contributed by atoms with Crippen molar-refractivity contribution in [3.63, 3.8) is 0 Å². The standard InChI is InChI=1S/C20H29N3O6S/c1-20(2,3)29-19(26)22-10-7-6-9-21-17-15(30-11-8-16(24)27-4)12-14(13-23-17)18(25)28-5/h6-7,12-13H,8-11H2,1-5H3,(H,21,23)(H,22,26)/b7-6+. The predicted octanol–water partition coefficient (Wildman–Crippen LogP) is 3.02. The van der Waals surface area contributed by atoms with Crippen LogP contribution in [0.5, 0.6) is 0 Å². The van der Waals surface area contributed by atoms with Gasteiger partial charge in [0.15, 0.2) is 0 Å². The molecule has 2 N–H and O–H groups in total. The van der Waals surface area contributed by atoms with Gasteiger partial charge in [-0.25, -0.2) is 14.6 Å². The van der Waals surface area contributed by atoms with E-state index in [1.165, 1.54) is 32.2 Å². The van der Waals surface area contributed by atoms with Gasteiger partial charge in [0.25, 0.3) is 0 Å². The number of carbonyl (C=O) groups is 3. The van der Waals surface area contributed by atoms with Crippen molar-refractivity contribution in [1.29, 1.82) is 0 Å². The number of aromatic nitrogens is 1. The Morgan fingerprint density at radius 1 is 1.13 bits per heavy atom. The van der Waals surface area contributed by atoms with Crippen LogP contribution in [0.4, 0.5) is 10.6 Å². The topological polar surface area (TPSA) is 116 Å². The average molecular weight is 440 g/mol. The van der Waals surface area contributed by atoms with Crippen LogP contribution in [0.15, 0.2) is 29.3 Å². The van der Waals surface area contributed by atoms with Gasteiger partial charge in [-0.2, -0.15) is 0 Å². The Morgan fingerprint density at radius 3 is 2.47 bits per heavy atom. The van der Waals surface area contributed by atoms with Crippen LogP contribution in [0.1, 0.15) is 37.6 Å². The van der Waals surface area contributed by atoms with E-state index in [1.54, 1.807) is 32.9 Å². The van der Waals surface area contributed by atoms with Crippen LogP contribution in [0.3, 0.4) is 0 Å². The van der Waals surface area contributed by atoms with Crippen LogP contribution in [-0.4, -0.2) is 61.7 Å². The van der Waals surface area contributed by atoms with Gasteiger partial charge in [0.05, 0.1) is 31.1 Å². The predicted molar refractivity (Wildman–Crippen MR) is 115 cm³/mol. The van der Waals surface area contributed by atoms with E-state index in [0.29, 0.717) is 35.1 Å². The van der Waals surface area contributed by atoms with Crippen LogP contribution in [0.25, 0.3) is 0 Å². The summed E-state index contributed by atoms with van der Waals surface area (Å²) in [5.74, 6) is 0.248. The molecule has 0 saturated heterocycles. The zero-order chi connectivity index (χ0) is 22.6. The Bertz CT molecular complexity index is 761. The van der Waals surface area contributed by atoms with Crippen LogP contribution >= 0.6 is 11.8 Å². The van der Waals surface area contributed by atoms with Crippen LogP contribution in [0.2, 0.25) is 0 Å². The molecule has 0 saturated carbocycles. The molecule has 166 valence electrons. The molecule has 30 heavy (non-hydrogen) atoms. The molecule has 0 atom stereocenters. The summed E-state index contributed by atoms with van der Waals surface area (Å²) in [7, 11) is 2.64. The summed E-state index contributed by atoms with van der Waals surface area (Å²) in [4.78, 5) is 39.6. The molecule has 0 fully saturated rings. The first-order valence-corrected chi connectivity index (χ1v) is 10.3. The fourth-order valence-electron chi connectivity index (χ4n) is 2.04. The third-order valence-corrected chi connectivity index (χ3v) is 4.41. The van der Waals surface area contributed by atoms with E-state index in [-0.39, 0.29) is 12.4 Å². The Balaban J connectivity index is 2.62. The van der Waals surface area contributed by atoms with E-state index in [2.05, 4.69) is 20.4 Å². The van der Waals surface area contributed by atoms with Crippen molar-refractivity contribution >= 4 is 35.6 Å². The number of ether oxygens (including phenoxy) is 3. The molecule has 10 heteroatoms. The lowest BCUT2D eigenvalue weighted by molar-refractivity contribution is -0.140. The Labute approximate surface area is 180 Å². The normalized spacial score (nSPS) is 11.1. The number of methoxy groups -OCH3 is 2. The van der Waals surface area contributed by atoms with E-state index < -0.39 is 17.7 Å². The molecule has 1 aromatic heterocycles. The van der Waals surface area contributed by atoms with E-state index >= 15 is 0 Å². The molecule has 1 amide bonds. The maximum Gasteiger partial charge on any atom is 0.407 e. The molecule has 0 aromatic carbocycles.